The average molecular weight is 321 g/mol. The van der Waals surface area contributed by atoms with Crippen molar-refractivity contribution < 1.29 is 14.2 Å². The first-order valence-corrected chi connectivity index (χ1v) is 8.17. The summed E-state index contributed by atoms with van der Waals surface area (Å²) < 4.78 is 16.3. The maximum Gasteiger partial charge on any atom is 0.231 e. The van der Waals surface area contributed by atoms with Crippen molar-refractivity contribution in [2.45, 2.75) is 33.7 Å². The Morgan fingerprint density at radius 3 is 2.78 bits per heavy atom. The molecule has 0 aliphatic carbocycles. The van der Waals surface area contributed by atoms with Crippen LogP contribution in [0.3, 0.4) is 0 Å². The Hall–Kier alpha value is -2.11. The molecule has 23 heavy (non-hydrogen) atoms. The summed E-state index contributed by atoms with van der Waals surface area (Å²) in [6.07, 6.45) is 0. The Balaban J connectivity index is 1.81. The number of nitrogens with one attached hydrogen (secondary N) is 2. The molecular weight excluding hydrogens is 294 g/mol. The molecule has 0 saturated carbocycles. The number of hydrogen-bond acceptors (Lipinski definition) is 4. The summed E-state index contributed by atoms with van der Waals surface area (Å²) in [5.74, 6) is 3.62. The van der Waals surface area contributed by atoms with Crippen LogP contribution in [0.2, 0.25) is 0 Å². The molecule has 1 heterocycles. The van der Waals surface area contributed by atoms with Crippen molar-refractivity contribution in [3.05, 3.63) is 18.2 Å². The molecular formula is C17H27N3O3. The van der Waals surface area contributed by atoms with Crippen molar-refractivity contribution in [1.82, 2.24) is 10.6 Å². The number of hydrogen-bond donors (Lipinski definition) is 2. The van der Waals surface area contributed by atoms with Crippen LogP contribution in [0.5, 0.6) is 17.2 Å². The Morgan fingerprint density at radius 1 is 1.26 bits per heavy atom. The van der Waals surface area contributed by atoms with Gasteiger partial charge < -0.3 is 24.8 Å². The van der Waals surface area contributed by atoms with E-state index in [0.717, 1.165) is 29.8 Å². The van der Waals surface area contributed by atoms with Crippen LogP contribution in [0.15, 0.2) is 23.2 Å². The van der Waals surface area contributed by atoms with Gasteiger partial charge in [-0.15, -0.1) is 0 Å². The quantitative estimate of drug-likeness (QED) is 0.459. The standard InChI is InChI=1S/C17H27N3O3/c1-5-18-17(20-13(4)12(2)3)19-8-9-21-14-6-7-15-16(10-14)23-11-22-15/h6-7,10,12-13H,5,8-9,11H2,1-4H3,(H2,18,19,20). The third-order valence-corrected chi connectivity index (χ3v) is 3.68. The maximum atomic E-state index is 5.71. The van der Waals surface area contributed by atoms with Crippen LogP contribution in [0.25, 0.3) is 0 Å². The minimum absolute atomic E-state index is 0.273. The maximum absolute atomic E-state index is 5.71. The molecule has 1 unspecified atom stereocenters. The fourth-order valence-corrected chi connectivity index (χ4v) is 1.99. The van der Waals surface area contributed by atoms with E-state index in [9.17, 15) is 0 Å². The van der Waals surface area contributed by atoms with E-state index in [1.165, 1.54) is 0 Å². The topological polar surface area (TPSA) is 64.1 Å². The Bertz CT molecular complexity index is 532. The summed E-state index contributed by atoms with van der Waals surface area (Å²) in [7, 11) is 0. The van der Waals surface area contributed by atoms with Gasteiger partial charge in [0.05, 0.1) is 6.54 Å². The first-order chi connectivity index (χ1) is 11.1. The number of fused-ring (bicyclic) bond motifs is 1. The lowest BCUT2D eigenvalue weighted by molar-refractivity contribution is 0.174. The van der Waals surface area contributed by atoms with Gasteiger partial charge in [-0.1, -0.05) is 13.8 Å². The summed E-state index contributed by atoms with van der Waals surface area (Å²) in [4.78, 5) is 4.54. The molecule has 0 spiro atoms. The van der Waals surface area contributed by atoms with Crippen LogP contribution in [-0.4, -0.2) is 38.5 Å². The van der Waals surface area contributed by atoms with Crippen LogP contribution in [-0.2, 0) is 0 Å². The number of aliphatic imine (C=N–C) groups is 1. The van der Waals surface area contributed by atoms with E-state index in [-0.39, 0.29) is 6.79 Å². The number of ether oxygens (including phenoxy) is 3. The fraction of sp³-hybridized carbons (Fsp3) is 0.588. The Morgan fingerprint density at radius 2 is 2.04 bits per heavy atom. The summed E-state index contributed by atoms with van der Waals surface area (Å²) in [5.41, 5.74) is 0. The van der Waals surface area contributed by atoms with E-state index >= 15 is 0 Å². The minimum atomic E-state index is 0.273. The molecule has 1 aromatic rings. The van der Waals surface area contributed by atoms with E-state index in [2.05, 4.69) is 43.3 Å². The molecule has 0 bridgehead atoms. The highest BCUT2D eigenvalue weighted by Crippen LogP contribution is 2.34. The first kappa shape index (κ1) is 17.2. The second-order valence-corrected chi connectivity index (χ2v) is 5.80. The van der Waals surface area contributed by atoms with E-state index < -0.39 is 0 Å². The van der Waals surface area contributed by atoms with Crippen molar-refractivity contribution in [3.63, 3.8) is 0 Å². The van der Waals surface area contributed by atoms with E-state index in [1.807, 2.05) is 18.2 Å². The van der Waals surface area contributed by atoms with Gasteiger partial charge in [0.2, 0.25) is 6.79 Å². The lowest BCUT2D eigenvalue weighted by atomic mass is 10.1. The van der Waals surface area contributed by atoms with E-state index in [1.54, 1.807) is 0 Å². The third-order valence-electron chi connectivity index (χ3n) is 3.68. The predicted molar refractivity (Wildman–Crippen MR) is 91.5 cm³/mol. The normalized spacial score (nSPS) is 14.7. The van der Waals surface area contributed by atoms with Gasteiger partial charge in [0, 0.05) is 18.7 Å². The summed E-state index contributed by atoms with van der Waals surface area (Å²) in [6, 6.07) is 5.94. The molecule has 1 atom stereocenters. The molecule has 6 nitrogen and oxygen atoms in total. The van der Waals surface area contributed by atoms with Gasteiger partial charge in [-0.05, 0) is 31.9 Å². The molecule has 0 radical (unpaired) electrons. The molecule has 128 valence electrons. The van der Waals surface area contributed by atoms with Gasteiger partial charge in [0.1, 0.15) is 12.4 Å². The molecule has 1 aromatic carbocycles. The molecule has 1 aliphatic heterocycles. The molecule has 0 saturated heterocycles. The molecule has 2 rings (SSSR count). The van der Waals surface area contributed by atoms with Crippen molar-refractivity contribution in [2.24, 2.45) is 10.9 Å². The highest BCUT2D eigenvalue weighted by atomic mass is 16.7. The highest BCUT2D eigenvalue weighted by Gasteiger charge is 2.13. The molecule has 6 heteroatoms. The number of benzene rings is 1. The van der Waals surface area contributed by atoms with Crippen LogP contribution >= 0.6 is 0 Å². The zero-order chi connectivity index (χ0) is 16.7. The molecule has 0 aromatic heterocycles. The number of guanidine groups is 1. The molecule has 0 fully saturated rings. The Labute approximate surface area is 138 Å². The van der Waals surface area contributed by atoms with Gasteiger partial charge in [-0.25, -0.2) is 4.99 Å². The van der Waals surface area contributed by atoms with Gasteiger partial charge in [0.25, 0.3) is 0 Å². The zero-order valence-electron chi connectivity index (χ0n) is 14.4. The van der Waals surface area contributed by atoms with Crippen molar-refractivity contribution >= 4 is 5.96 Å². The van der Waals surface area contributed by atoms with E-state index in [4.69, 9.17) is 14.2 Å². The summed E-state index contributed by atoms with van der Waals surface area (Å²) in [6.45, 7) is 10.8. The lowest BCUT2D eigenvalue weighted by Gasteiger charge is -2.20. The first-order valence-electron chi connectivity index (χ1n) is 8.17. The van der Waals surface area contributed by atoms with Gasteiger partial charge >= 0.3 is 0 Å². The van der Waals surface area contributed by atoms with Crippen molar-refractivity contribution in [3.8, 4) is 17.2 Å². The molecule has 2 N–H and O–H groups in total. The van der Waals surface area contributed by atoms with Crippen LogP contribution < -0.4 is 24.8 Å². The van der Waals surface area contributed by atoms with Gasteiger partial charge in [0.15, 0.2) is 17.5 Å². The monoisotopic (exact) mass is 321 g/mol. The highest BCUT2D eigenvalue weighted by molar-refractivity contribution is 5.80. The third kappa shape index (κ3) is 5.23. The van der Waals surface area contributed by atoms with Crippen molar-refractivity contribution in [2.75, 3.05) is 26.5 Å². The Kier molecular flexibility index (Phi) is 6.38. The summed E-state index contributed by atoms with van der Waals surface area (Å²) in [5, 5.41) is 6.64. The predicted octanol–water partition coefficient (Wildman–Crippen LogP) is 2.39. The second kappa shape index (κ2) is 8.50. The smallest absolute Gasteiger partial charge is 0.231 e. The van der Waals surface area contributed by atoms with Gasteiger partial charge in [-0.3, -0.25) is 0 Å². The summed E-state index contributed by atoms with van der Waals surface area (Å²) >= 11 is 0. The fourth-order valence-electron chi connectivity index (χ4n) is 1.99. The second-order valence-electron chi connectivity index (χ2n) is 5.80. The van der Waals surface area contributed by atoms with Crippen LogP contribution in [0.4, 0.5) is 0 Å². The molecule has 0 amide bonds. The molecule has 1 aliphatic rings. The van der Waals surface area contributed by atoms with E-state index in [0.29, 0.717) is 25.1 Å². The zero-order valence-corrected chi connectivity index (χ0v) is 14.4. The van der Waals surface area contributed by atoms with Crippen LogP contribution in [0.1, 0.15) is 27.7 Å². The number of rotatable bonds is 7. The largest absolute Gasteiger partial charge is 0.492 e. The lowest BCUT2D eigenvalue weighted by Crippen LogP contribution is -2.44. The average Bonchev–Trinajstić information content (AvgIpc) is 2.99. The SMILES string of the molecule is CCNC(=NCCOc1ccc2c(c1)OCO2)NC(C)C(C)C. The van der Waals surface area contributed by atoms with Crippen molar-refractivity contribution in [1.29, 1.82) is 0 Å². The minimum Gasteiger partial charge on any atom is -0.492 e. The number of nitrogens with zero attached hydrogens (tertiary/aromatic N) is 1. The van der Waals surface area contributed by atoms with Gasteiger partial charge in [-0.2, -0.15) is 0 Å². The van der Waals surface area contributed by atoms with Crippen LogP contribution in [0, 0.1) is 5.92 Å².